The topological polar surface area (TPSA) is 86.8 Å². The quantitative estimate of drug-likeness (QED) is 0.283. The Hall–Kier alpha value is -3.36. The highest BCUT2D eigenvalue weighted by Gasteiger charge is 2.33. The predicted molar refractivity (Wildman–Crippen MR) is 161 cm³/mol. The molecule has 0 aliphatic heterocycles. The molecule has 1 N–H and O–H groups in total. The number of halogens is 1. The van der Waals surface area contributed by atoms with Crippen LogP contribution in [-0.2, 0) is 26.0 Å². The van der Waals surface area contributed by atoms with Crippen molar-refractivity contribution in [3.05, 3.63) is 95.0 Å². The van der Waals surface area contributed by atoms with Crippen molar-refractivity contribution in [3.63, 3.8) is 0 Å². The number of aryl methyl sites for hydroxylation is 1. The fourth-order valence-electron chi connectivity index (χ4n) is 4.33. The van der Waals surface area contributed by atoms with Crippen molar-refractivity contribution in [2.75, 3.05) is 17.4 Å². The first-order valence-corrected chi connectivity index (χ1v) is 15.4. The fourth-order valence-corrected chi connectivity index (χ4v) is 5.92. The summed E-state index contributed by atoms with van der Waals surface area (Å²) in [5.41, 5.74) is 2.19. The van der Waals surface area contributed by atoms with Gasteiger partial charge in [0.05, 0.1) is 10.6 Å². The Balaban J connectivity index is 2.01. The van der Waals surface area contributed by atoms with Crippen LogP contribution in [0.5, 0.6) is 0 Å². The monoisotopic (exact) mass is 583 g/mol. The maximum atomic E-state index is 14.0. The van der Waals surface area contributed by atoms with Crippen LogP contribution in [0.3, 0.4) is 0 Å². The van der Waals surface area contributed by atoms with Crippen LogP contribution < -0.4 is 9.62 Å². The van der Waals surface area contributed by atoms with Crippen LogP contribution in [-0.4, -0.2) is 50.3 Å². The Morgan fingerprint density at radius 3 is 2.20 bits per heavy atom. The molecule has 3 aromatic carbocycles. The summed E-state index contributed by atoms with van der Waals surface area (Å²) < 4.78 is 28.8. The second kappa shape index (κ2) is 14.3. The molecule has 2 unspecified atom stereocenters. The lowest BCUT2D eigenvalue weighted by Gasteiger charge is -2.33. The van der Waals surface area contributed by atoms with Crippen LogP contribution in [0.15, 0.2) is 83.8 Å². The molecule has 40 heavy (non-hydrogen) atoms. The van der Waals surface area contributed by atoms with Gasteiger partial charge in [0.1, 0.15) is 12.6 Å². The van der Waals surface area contributed by atoms with E-state index in [1.54, 1.807) is 30.3 Å². The van der Waals surface area contributed by atoms with Crippen LogP contribution in [0.1, 0.15) is 44.7 Å². The zero-order chi connectivity index (χ0) is 29.3. The number of hydrogen-bond donors (Lipinski definition) is 1. The van der Waals surface area contributed by atoms with E-state index in [9.17, 15) is 18.0 Å². The summed E-state index contributed by atoms with van der Waals surface area (Å²) in [6.07, 6.45) is 1.64. The minimum atomic E-state index is -4.13. The number of carbonyl (C=O) groups excluding carboxylic acids is 2. The summed E-state index contributed by atoms with van der Waals surface area (Å²) >= 11 is 6.23. The van der Waals surface area contributed by atoms with E-state index in [1.807, 2.05) is 58.0 Å². The van der Waals surface area contributed by atoms with E-state index in [-0.39, 0.29) is 29.1 Å². The Morgan fingerprint density at radius 2 is 1.60 bits per heavy atom. The average molecular weight is 584 g/mol. The van der Waals surface area contributed by atoms with Gasteiger partial charge in [-0.3, -0.25) is 13.9 Å². The van der Waals surface area contributed by atoms with Crippen molar-refractivity contribution in [2.24, 2.45) is 0 Å². The Labute approximate surface area is 243 Å². The SMILES string of the molecule is CCC(C)NC(=O)C(CC)N(CCc1ccccc1)C(=O)CN(c1cccc(Cl)c1)S(=O)(=O)c1ccc(C)cc1. The lowest BCUT2D eigenvalue weighted by Crippen LogP contribution is -2.54. The number of benzene rings is 3. The van der Waals surface area contributed by atoms with E-state index in [4.69, 9.17) is 11.6 Å². The zero-order valence-electron chi connectivity index (χ0n) is 23.5. The molecule has 0 heterocycles. The Morgan fingerprint density at radius 1 is 0.925 bits per heavy atom. The average Bonchev–Trinajstić information content (AvgIpc) is 2.94. The van der Waals surface area contributed by atoms with Gasteiger partial charge in [-0.2, -0.15) is 0 Å². The molecule has 2 atom stereocenters. The van der Waals surface area contributed by atoms with Gasteiger partial charge in [0.15, 0.2) is 0 Å². The molecule has 0 aliphatic carbocycles. The van der Waals surface area contributed by atoms with E-state index in [2.05, 4.69) is 5.32 Å². The predicted octanol–water partition coefficient (Wildman–Crippen LogP) is 5.61. The first-order valence-electron chi connectivity index (χ1n) is 13.6. The zero-order valence-corrected chi connectivity index (χ0v) is 25.1. The third kappa shape index (κ3) is 8.08. The van der Waals surface area contributed by atoms with Gasteiger partial charge in [0.25, 0.3) is 10.0 Å². The van der Waals surface area contributed by atoms with Gasteiger partial charge in [-0.05, 0) is 69.0 Å². The van der Waals surface area contributed by atoms with Crippen molar-refractivity contribution in [1.29, 1.82) is 0 Å². The van der Waals surface area contributed by atoms with Crippen LogP contribution in [0, 0.1) is 6.92 Å². The van der Waals surface area contributed by atoms with Crippen LogP contribution in [0.4, 0.5) is 5.69 Å². The van der Waals surface area contributed by atoms with Crippen molar-refractivity contribution < 1.29 is 18.0 Å². The summed E-state index contributed by atoms with van der Waals surface area (Å²) in [5, 5.41) is 3.33. The van der Waals surface area contributed by atoms with E-state index in [0.29, 0.717) is 17.9 Å². The highest BCUT2D eigenvalue weighted by atomic mass is 35.5. The summed E-state index contributed by atoms with van der Waals surface area (Å²) in [6, 6.07) is 21.7. The van der Waals surface area contributed by atoms with Gasteiger partial charge in [-0.1, -0.05) is 79.5 Å². The highest BCUT2D eigenvalue weighted by Crippen LogP contribution is 2.27. The third-order valence-electron chi connectivity index (χ3n) is 6.86. The molecule has 214 valence electrons. The van der Waals surface area contributed by atoms with Gasteiger partial charge in [0, 0.05) is 17.6 Å². The minimum Gasteiger partial charge on any atom is -0.352 e. The van der Waals surface area contributed by atoms with E-state index in [0.717, 1.165) is 21.9 Å². The smallest absolute Gasteiger partial charge is 0.264 e. The maximum absolute atomic E-state index is 14.0. The van der Waals surface area contributed by atoms with Crippen molar-refractivity contribution in [1.82, 2.24) is 10.2 Å². The van der Waals surface area contributed by atoms with Gasteiger partial charge in [0.2, 0.25) is 11.8 Å². The molecule has 9 heteroatoms. The summed E-state index contributed by atoms with van der Waals surface area (Å²) in [7, 11) is -4.13. The number of rotatable bonds is 13. The molecule has 3 aromatic rings. The lowest BCUT2D eigenvalue weighted by atomic mass is 10.1. The second-order valence-electron chi connectivity index (χ2n) is 9.87. The molecule has 0 spiro atoms. The Kier molecular flexibility index (Phi) is 11.2. The number of anilines is 1. The molecule has 0 aromatic heterocycles. The van der Waals surface area contributed by atoms with Gasteiger partial charge in [-0.15, -0.1) is 0 Å². The molecule has 0 bridgehead atoms. The molecule has 3 rings (SSSR count). The van der Waals surface area contributed by atoms with Gasteiger partial charge in [-0.25, -0.2) is 8.42 Å². The minimum absolute atomic E-state index is 0.0579. The lowest BCUT2D eigenvalue weighted by molar-refractivity contribution is -0.139. The first-order chi connectivity index (χ1) is 19.1. The maximum Gasteiger partial charge on any atom is 0.264 e. The van der Waals surface area contributed by atoms with Crippen LogP contribution in [0.25, 0.3) is 0 Å². The Bertz CT molecular complexity index is 1380. The molecule has 0 aliphatic rings. The number of sulfonamides is 1. The number of carbonyl (C=O) groups is 2. The molecular weight excluding hydrogens is 546 g/mol. The number of nitrogens with zero attached hydrogens (tertiary/aromatic N) is 2. The van der Waals surface area contributed by atoms with Crippen LogP contribution >= 0.6 is 11.6 Å². The molecule has 2 amide bonds. The number of nitrogens with one attached hydrogen (secondary N) is 1. The standard InChI is InChI=1S/C31H38ClN3O4S/c1-5-24(4)33-31(37)29(6-2)34(20-19-25-11-8-7-9-12-25)30(36)22-35(27-14-10-13-26(32)21-27)40(38,39)28-17-15-23(3)16-18-28/h7-18,21,24,29H,5-6,19-20,22H2,1-4H3,(H,33,37). The number of hydrogen-bond acceptors (Lipinski definition) is 4. The molecule has 7 nitrogen and oxygen atoms in total. The van der Waals surface area contributed by atoms with E-state index in [1.165, 1.54) is 23.1 Å². The first kappa shape index (κ1) is 31.2. The third-order valence-corrected chi connectivity index (χ3v) is 8.88. The second-order valence-corrected chi connectivity index (χ2v) is 12.2. The van der Waals surface area contributed by atoms with Crippen molar-refractivity contribution in [2.45, 2.75) is 63.9 Å². The summed E-state index contributed by atoms with van der Waals surface area (Å²) in [6.45, 7) is 7.37. The molecular formula is C31H38ClN3O4S. The highest BCUT2D eigenvalue weighted by molar-refractivity contribution is 7.92. The van der Waals surface area contributed by atoms with Crippen LogP contribution in [0.2, 0.25) is 5.02 Å². The van der Waals surface area contributed by atoms with E-state index < -0.39 is 28.5 Å². The van der Waals surface area contributed by atoms with Crippen molar-refractivity contribution >= 4 is 39.1 Å². The molecule has 0 radical (unpaired) electrons. The number of amides is 2. The van der Waals surface area contributed by atoms with Gasteiger partial charge < -0.3 is 10.2 Å². The molecule has 0 saturated heterocycles. The summed E-state index contributed by atoms with van der Waals surface area (Å²) in [4.78, 5) is 28.9. The van der Waals surface area contributed by atoms with E-state index >= 15 is 0 Å². The normalized spacial score (nSPS) is 12.8. The molecule has 0 saturated carbocycles. The van der Waals surface area contributed by atoms with Crippen molar-refractivity contribution in [3.8, 4) is 0 Å². The largest absolute Gasteiger partial charge is 0.352 e. The molecule has 0 fully saturated rings. The summed E-state index contributed by atoms with van der Waals surface area (Å²) in [5.74, 6) is -0.730. The fraction of sp³-hybridized carbons (Fsp3) is 0.355. The van der Waals surface area contributed by atoms with Gasteiger partial charge >= 0.3 is 0 Å².